The number of aliphatic hydroxyl groups is 1. The Kier molecular flexibility index (Phi) is 5.44. The molecule has 0 saturated carbocycles. The summed E-state index contributed by atoms with van der Waals surface area (Å²) in [6.45, 7) is 9.11. The van der Waals surface area contributed by atoms with Gasteiger partial charge in [-0.1, -0.05) is 39.0 Å². The van der Waals surface area contributed by atoms with Crippen LogP contribution in [0.15, 0.2) is 18.2 Å². The Bertz CT molecular complexity index is 427. The predicted octanol–water partition coefficient (Wildman–Crippen LogP) is 3.17. The summed E-state index contributed by atoms with van der Waals surface area (Å²) in [6, 6.07) is 6.19. The van der Waals surface area contributed by atoms with E-state index in [1.54, 1.807) is 0 Å². The van der Waals surface area contributed by atoms with E-state index in [4.69, 9.17) is 4.74 Å². The Morgan fingerprint density at radius 3 is 2.50 bits per heavy atom. The fourth-order valence-electron chi connectivity index (χ4n) is 3.08. The summed E-state index contributed by atoms with van der Waals surface area (Å²) in [4.78, 5) is 2.37. The molecule has 112 valence electrons. The van der Waals surface area contributed by atoms with Gasteiger partial charge in [-0.05, 0) is 37.9 Å². The highest BCUT2D eigenvalue weighted by atomic mass is 16.5. The molecule has 3 nitrogen and oxygen atoms in total. The van der Waals surface area contributed by atoms with Gasteiger partial charge in [0.05, 0.1) is 6.04 Å². The molecule has 0 radical (unpaired) electrons. The largest absolute Gasteiger partial charge is 0.491 e. The van der Waals surface area contributed by atoms with Crippen LogP contribution in [0, 0.1) is 0 Å². The van der Waals surface area contributed by atoms with Crippen LogP contribution in [-0.2, 0) is 6.42 Å². The number of hydrogen-bond donors (Lipinski definition) is 1. The number of ether oxygens (including phenoxy) is 1. The molecule has 0 fully saturated rings. The average Bonchev–Trinajstić information content (AvgIpc) is 2.47. The van der Waals surface area contributed by atoms with Crippen LogP contribution in [0.25, 0.3) is 0 Å². The van der Waals surface area contributed by atoms with E-state index in [0.29, 0.717) is 6.61 Å². The first-order valence-electron chi connectivity index (χ1n) is 7.89. The highest BCUT2D eigenvalue weighted by Gasteiger charge is 2.33. The summed E-state index contributed by atoms with van der Waals surface area (Å²) < 4.78 is 6.00. The first-order valence-corrected chi connectivity index (χ1v) is 7.89. The van der Waals surface area contributed by atoms with Crippen LogP contribution in [0.2, 0.25) is 0 Å². The lowest BCUT2D eigenvalue weighted by Crippen LogP contribution is -2.46. The molecule has 1 N–H and O–H groups in total. The third kappa shape index (κ3) is 2.99. The minimum absolute atomic E-state index is 0.0782. The highest BCUT2D eigenvalue weighted by Crippen LogP contribution is 2.37. The van der Waals surface area contributed by atoms with Gasteiger partial charge in [-0.2, -0.15) is 0 Å². The van der Waals surface area contributed by atoms with Crippen molar-refractivity contribution in [2.75, 3.05) is 19.7 Å². The van der Waals surface area contributed by atoms with Crippen molar-refractivity contribution in [3.63, 3.8) is 0 Å². The van der Waals surface area contributed by atoms with Crippen LogP contribution in [0.3, 0.4) is 0 Å². The second-order valence-corrected chi connectivity index (χ2v) is 5.55. The lowest BCUT2D eigenvalue weighted by Gasteiger charge is -2.38. The van der Waals surface area contributed by atoms with Gasteiger partial charge in [0.25, 0.3) is 0 Å². The van der Waals surface area contributed by atoms with Crippen LogP contribution < -0.4 is 4.74 Å². The number of para-hydroxylation sites is 1. The molecule has 2 unspecified atom stereocenters. The molecule has 1 aromatic carbocycles. The van der Waals surface area contributed by atoms with E-state index in [-0.39, 0.29) is 6.04 Å². The Labute approximate surface area is 122 Å². The van der Waals surface area contributed by atoms with Gasteiger partial charge in [0.15, 0.2) is 0 Å². The molecule has 2 rings (SSSR count). The predicted molar refractivity (Wildman–Crippen MR) is 82.2 cm³/mol. The van der Waals surface area contributed by atoms with Crippen molar-refractivity contribution in [3.05, 3.63) is 29.3 Å². The molecule has 0 aromatic heterocycles. The second-order valence-electron chi connectivity index (χ2n) is 5.55. The van der Waals surface area contributed by atoms with E-state index < -0.39 is 6.10 Å². The van der Waals surface area contributed by atoms with Gasteiger partial charge in [-0.15, -0.1) is 0 Å². The zero-order chi connectivity index (χ0) is 14.5. The standard InChI is InChI=1S/C17H27NO2/c1-4-10-18(11-5-2)15-12-20-17-13(6-3)8-7-9-14(17)16(15)19/h7-9,15-16,19H,4-6,10-12H2,1-3H3. The Balaban J connectivity index is 2.24. The Morgan fingerprint density at radius 1 is 1.20 bits per heavy atom. The molecule has 0 amide bonds. The number of benzene rings is 1. The van der Waals surface area contributed by atoms with Gasteiger partial charge >= 0.3 is 0 Å². The van der Waals surface area contributed by atoms with Gasteiger partial charge in [-0.25, -0.2) is 0 Å². The number of aryl methyl sites for hydroxylation is 1. The third-order valence-electron chi connectivity index (χ3n) is 4.08. The van der Waals surface area contributed by atoms with Crippen LogP contribution >= 0.6 is 0 Å². The summed E-state index contributed by atoms with van der Waals surface area (Å²) in [5, 5.41) is 10.7. The van der Waals surface area contributed by atoms with Gasteiger partial charge < -0.3 is 9.84 Å². The average molecular weight is 277 g/mol. The highest BCUT2D eigenvalue weighted by molar-refractivity contribution is 5.44. The summed E-state index contributed by atoms with van der Waals surface area (Å²) in [5.41, 5.74) is 2.15. The summed E-state index contributed by atoms with van der Waals surface area (Å²) >= 11 is 0. The maximum atomic E-state index is 10.7. The Morgan fingerprint density at radius 2 is 1.90 bits per heavy atom. The molecule has 3 heteroatoms. The number of fused-ring (bicyclic) bond motifs is 1. The quantitative estimate of drug-likeness (QED) is 0.867. The summed E-state index contributed by atoms with van der Waals surface area (Å²) in [5.74, 6) is 0.909. The van der Waals surface area contributed by atoms with Gasteiger partial charge in [0.2, 0.25) is 0 Å². The van der Waals surface area contributed by atoms with Crippen molar-refractivity contribution in [1.29, 1.82) is 0 Å². The van der Waals surface area contributed by atoms with Gasteiger partial charge in [-0.3, -0.25) is 4.90 Å². The molecule has 0 aliphatic carbocycles. The molecule has 2 atom stereocenters. The molecule has 0 saturated heterocycles. The van der Waals surface area contributed by atoms with Crippen LogP contribution in [0.5, 0.6) is 5.75 Å². The van der Waals surface area contributed by atoms with E-state index >= 15 is 0 Å². The van der Waals surface area contributed by atoms with E-state index in [1.165, 1.54) is 5.56 Å². The van der Waals surface area contributed by atoms with Crippen molar-refractivity contribution in [1.82, 2.24) is 4.90 Å². The molecular weight excluding hydrogens is 250 g/mol. The fraction of sp³-hybridized carbons (Fsp3) is 0.647. The third-order valence-corrected chi connectivity index (χ3v) is 4.08. The summed E-state index contributed by atoms with van der Waals surface area (Å²) in [7, 11) is 0. The Hall–Kier alpha value is -1.06. The topological polar surface area (TPSA) is 32.7 Å². The second kappa shape index (κ2) is 7.09. The minimum atomic E-state index is -0.441. The van der Waals surface area contributed by atoms with Crippen molar-refractivity contribution in [2.24, 2.45) is 0 Å². The number of aliphatic hydroxyl groups excluding tert-OH is 1. The van der Waals surface area contributed by atoms with E-state index in [0.717, 1.165) is 43.7 Å². The molecule has 0 bridgehead atoms. The smallest absolute Gasteiger partial charge is 0.128 e. The molecule has 1 aliphatic rings. The first-order chi connectivity index (χ1) is 9.72. The molecule has 1 aromatic rings. The minimum Gasteiger partial charge on any atom is -0.491 e. The van der Waals surface area contributed by atoms with Crippen LogP contribution in [0.4, 0.5) is 0 Å². The van der Waals surface area contributed by atoms with Crippen LogP contribution in [0.1, 0.15) is 50.8 Å². The van der Waals surface area contributed by atoms with E-state index in [2.05, 4.69) is 31.7 Å². The number of hydrogen-bond acceptors (Lipinski definition) is 3. The maximum Gasteiger partial charge on any atom is 0.128 e. The first kappa shape index (κ1) is 15.3. The molecule has 0 spiro atoms. The fourth-order valence-corrected chi connectivity index (χ4v) is 3.08. The molecule has 1 aliphatic heterocycles. The van der Waals surface area contributed by atoms with Gasteiger partial charge in [0, 0.05) is 5.56 Å². The zero-order valence-corrected chi connectivity index (χ0v) is 12.9. The lowest BCUT2D eigenvalue weighted by atomic mass is 9.94. The normalized spacial score (nSPS) is 21.6. The maximum absolute atomic E-state index is 10.7. The molecule has 1 heterocycles. The number of nitrogens with zero attached hydrogens (tertiary/aromatic N) is 1. The number of rotatable bonds is 6. The van der Waals surface area contributed by atoms with Crippen molar-refractivity contribution in [2.45, 2.75) is 52.2 Å². The van der Waals surface area contributed by atoms with Crippen molar-refractivity contribution < 1.29 is 9.84 Å². The van der Waals surface area contributed by atoms with Gasteiger partial charge in [0.1, 0.15) is 18.5 Å². The van der Waals surface area contributed by atoms with E-state index in [1.807, 2.05) is 12.1 Å². The lowest BCUT2D eigenvalue weighted by molar-refractivity contribution is 0.00292. The molecular formula is C17H27NO2. The van der Waals surface area contributed by atoms with E-state index in [9.17, 15) is 5.11 Å². The monoisotopic (exact) mass is 277 g/mol. The zero-order valence-electron chi connectivity index (χ0n) is 12.9. The summed E-state index contributed by atoms with van der Waals surface area (Å²) in [6.07, 6.45) is 2.70. The van der Waals surface area contributed by atoms with Crippen LogP contribution in [-0.4, -0.2) is 35.7 Å². The van der Waals surface area contributed by atoms with Crippen molar-refractivity contribution in [3.8, 4) is 5.75 Å². The van der Waals surface area contributed by atoms with Crippen molar-refractivity contribution >= 4 is 0 Å². The SMILES string of the molecule is CCCN(CCC)C1COc2c(CC)cccc2C1O. The molecule has 20 heavy (non-hydrogen) atoms.